The summed E-state index contributed by atoms with van der Waals surface area (Å²) in [7, 11) is 0. The molecule has 0 fully saturated rings. The van der Waals surface area contributed by atoms with Gasteiger partial charge < -0.3 is 46.8 Å². The van der Waals surface area contributed by atoms with Crippen LogP contribution in [0.4, 0.5) is 9.59 Å². The maximum absolute atomic E-state index is 11.6. The Bertz CT molecular complexity index is 862. The van der Waals surface area contributed by atoms with Crippen molar-refractivity contribution >= 4 is 41.9 Å². The number of carbonyl (C=O) groups excluding carboxylic acids is 2. The molecule has 4 amide bonds. The first-order valence-electron chi connectivity index (χ1n) is 12.1. The third-order valence-electron chi connectivity index (χ3n) is 5.17. The van der Waals surface area contributed by atoms with Crippen molar-refractivity contribution in [1.29, 1.82) is 0 Å². The third-order valence-corrected chi connectivity index (χ3v) is 5.17. The molecular weight excluding hydrogens is 524 g/mol. The summed E-state index contributed by atoms with van der Waals surface area (Å²) in [5.41, 5.74) is 0. The number of nitrogens with one attached hydrogen (secondary N) is 4. The molecule has 0 rings (SSSR count). The Balaban J connectivity index is 0. The van der Waals surface area contributed by atoms with Crippen LogP contribution in [-0.2, 0) is 24.0 Å². The summed E-state index contributed by atoms with van der Waals surface area (Å²) in [6.07, 6.45) is -0.980. The van der Waals surface area contributed by atoms with E-state index in [-0.39, 0.29) is 43.6 Å². The lowest BCUT2D eigenvalue weighted by Crippen LogP contribution is -2.51. The number of carboxylic acids is 5. The van der Waals surface area contributed by atoms with Gasteiger partial charge in [-0.1, -0.05) is 27.7 Å². The van der Waals surface area contributed by atoms with Gasteiger partial charge in [-0.05, 0) is 38.0 Å². The number of carboxylic acid groups (broad SMARTS) is 5. The molecule has 4 atom stereocenters. The van der Waals surface area contributed by atoms with Crippen molar-refractivity contribution in [3.63, 3.8) is 0 Å². The van der Waals surface area contributed by atoms with E-state index in [1.165, 1.54) is 0 Å². The summed E-state index contributed by atoms with van der Waals surface area (Å²) in [6.45, 7) is 9.20. The first kappa shape index (κ1) is 37.0. The molecule has 0 heterocycles. The van der Waals surface area contributed by atoms with Crippen molar-refractivity contribution in [1.82, 2.24) is 21.3 Å². The van der Waals surface area contributed by atoms with Crippen LogP contribution in [0.2, 0.25) is 0 Å². The molecule has 0 saturated heterocycles. The van der Waals surface area contributed by atoms with Gasteiger partial charge in [0.15, 0.2) is 0 Å². The van der Waals surface area contributed by atoms with Crippen LogP contribution >= 0.6 is 0 Å². The standard InChI is InChI=1S/C12H20N2O7.C11H20N2O5/c1-6(2)5-8(11(19)20)14-12(21)13-7(10(17)18)3-4-9(15)16;1-6(2)7(3)12-11(18)13-8(10(16)17)4-5-9(14)15/h6-8H,3-5H2,1-2H3,(H,15,16)(H,17,18)(H,19,20)(H2,13,14,21);6-8H,4-5H2,1-3H3,(H,14,15)(H,16,17)(H2,12,13,18)/t7-,8-;7-,8+/m01/s1. The fourth-order valence-corrected chi connectivity index (χ4v) is 2.67. The zero-order valence-corrected chi connectivity index (χ0v) is 22.6. The molecule has 0 aromatic heterocycles. The SMILES string of the molecule is CC(C)C[C@H](NC(=O)N[C@@H](CCC(=O)O)C(=O)O)C(=O)O.CC(C)[C@@H](C)NC(=O)N[C@@H](CCC(=O)O)C(=O)O. The van der Waals surface area contributed by atoms with Crippen molar-refractivity contribution in [2.75, 3.05) is 0 Å². The fraction of sp³-hybridized carbons (Fsp3) is 0.696. The molecule has 0 saturated carbocycles. The molecule has 0 aromatic rings. The molecule has 16 heteroatoms. The van der Waals surface area contributed by atoms with E-state index in [0.717, 1.165) is 0 Å². The summed E-state index contributed by atoms with van der Waals surface area (Å²) in [4.78, 5) is 76.5. The van der Waals surface area contributed by atoms with E-state index >= 15 is 0 Å². The van der Waals surface area contributed by atoms with Crippen LogP contribution in [0.5, 0.6) is 0 Å². The van der Waals surface area contributed by atoms with Crippen LogP contribution in [-0.4, -0.2) is 91.6 Å². The molecule has 0 aromatic carbocycles. The second-order valence-corrected chi connectivity index (χ2v) is 9.44. The Morgan fingerprint density at radius 1 is 0.538 bits per heavy atom. The zero-order valence-electron chi connectivity index (χ0n) is 22.6. The van der Waals surface area contributed by atoms with Crippen molar-refractivity contribution < 1.29 is 59.1 Å². The topological polar surface area (TPSA) is 269 Å². The Labute approximate surface area is 225 Å². The van der Waals surface area contributed by atoms with E-state index in [2.05, 4.69) is 21.3 Å². The van der Waals surface area contributed by atoms with Crippen molar-refractivity contribution in [3.8, 4) is 0 Å². The average Bonchev–Trinajstić information content (AvgIpc) is 2.78. The number of urea groups is 2. The van der Waals surface area contributed by atoms with Gasteiger partial charge in [0.25, 0.3) is 0 Å². The molecule has 0 aliphatic rings. The molecule has 16 nitrogen and oxygen atoms in total. The summed E-state index contributed by atoms with van der Waals surface area (Å²) in [5, 5.41) is 52.7. The minimum absolute atomic E-state index is 0.0219. The number of hydrogen-bond donors (Lipinski definition) is 9. The minimum atomic E-state index is -1.39. The second kappa shape index (κ2) is 19.0. The molecule has 0 unspecified atom stereocenters. The van der Waals surface area contributed by atoms with E-state index < -0.39 is 66.5 Å². The van der Waals surface area contributed by atoms with Crippen LogP contribution in [0.3, 0.4) is 0 Å². The number of hydrogen-bond acceptors (Lipinski definition) is 7. The number of carbonyl (C=O) groups is 7. The van der Waals surface area contributed by atoms with Crippen LogP contribution in [0.1, 0.15) is 66.7 Å². The smallest absolute Gasteiger partial charge is 0.326 e. The Hall–Kier alpha value is -4.11. The van der Waals surface area contributed by atoms with Gasteiger partial charge >= 0.3 is 41.9 Å². The van der Waals surface area contributed by atoms with Crippen molar-refractivity contribution in [2.45, 2.75) is 90.9 Å². The average molecular weight is 565 g/mol. The highest BCUT2D eigenvalue weighted by molar-refractivity contribution is 5.86. The molecule has 224 valence electrons. The lowest BCUT2D eigenvalue weighted by molar-refractivity contribution is -0.142. The molecule has 39 heavy (non-hydrogen) atoms. The van der Waals surface area contributed by atoms with Gasteiger partial charge in [0.2, 0.25) is 0 Å². The highest BCUT2D eigenvalue weighted by atomic mass is 16.4. The molecule has 0 spiro atoms. The second-order valence-electron chi connectivity index (χ2n) is 9.44. The predicted octanol–water partition coefficient (Wildman–Crippen LogP) is 0.751. The molecule has 0 aliphatic heterocycles. The van der Waals surface area contributed by atoms with E-state index in [9.17, 15) is 33.6 Å². The molecule has 9 N–H and O–H groups in total. The van der Waals surface area contributed by atoms with Gasteiger partial charge in [0, 0.05) is 18.9 Å². The summed E-state index contributed by atoms with van der Waals surface area (Å²) in [5.74, 6) is -5.90. The van der Waals surface area contributed by atoms with Gasteiger partial charge in [0.1, 0.15) is 18.1 Å². The Morgan fingerprint density at radius 3 is 1.15 bits per heavy atom. The summed E-state index contributed by atoms with van der Waals surface area (Å²) >= 11 is 0. The van der Waals surface area contributed by atoms with Gasteiger partial charge in [-0.2, -0.15) is 0 Å². The summed E-state index contributed by atoms with van der Waals surface area (Å²) < 4.78 is 0. The van der Waals surface area contributed by atoms with E-state index in [0.29, 0.717) is 0 Å². The van der Waals surface area contributed by atoms with Gasteiger partial charge in [-0.15, -0.1) is 0 Å². The van der Waals surface area contributed by atoms with Gasteiger partial charge in [-0.25, -0.2) is 24.0 Å². The number of amides is 4. The summed E-state index contributed by atoms with van der Waals surface area (Å²) in [6, 6.07) is -5.39. The van der Waals surface area contributed by atoms with E-state index in [1.807, 2.05) is 13.8 Å². The van der Waals surface area contributed by atoms with Gasteiger partial charge in [-0.3, -0.25) is 9.59 Å². The molecule has 0 radical (unpaired) electrons. The predicted molar refractivity (Wildman–Crippen MR) is 135 cm³/mol. The maximum Gasteiger partial charge on any atom is 0.326 e. The monoisotopic (exact) mass is 564 g/mol. The lowest BCUT2D eigenvalue weighted by Gasteiger charge is -2.20. The lowest BCUT2D eigenvalue weighted by atomic mass is 10.0. The quantitative estimate of drug-likeness (QED) is 0.126. The van der Waals surface area contributed by atoms with Crippen LogP contribution in [0.25, 0.3) is 0 Å². The van der Waals surface area contributed by atoms with Gasteiger partial charge in [0.05, 0.1) is 0 Å². The maximum atomic E-state index is 11.6. The number of aliphatic carboxylic acids is 5. The zero-order chi connectivity index (χ0) is 30.9. The van der Waals surface area contributed by atoms with Crippen LogP contribution in [0.15, 0.2) is 0 Å². The molecular formula is C23H40N4O12. The Morgan fingerprint density at radius 2 is 0.872 bits per heavy atom. The Kier molecular flexibility index (Phi) is 18.1. The minimum Gasteiger partial charge on any atom is -0.481 e. The van der Waals surface area contributed by atoms with E-state index in [1.54, 1.807) is 20.8 Å². The third kappa shape index (κ3) is 19.6. The van der Waals surface area contributed by atoms with Crippen molar-refractivity contribution in [3.05, 3.63) is 0 Å². The highest BCUT2D eigenvalue weighted by Gasteiger charge is 2.25. The van der Waals surface area contributed by atoms with Crippen LogP contribution < -0.4 is 21.3 Å². The molecule has 0 bridgehead atoms. The fourth-order valence-electron chi connectivity index (χ4n) is 2.67. The normalized spacial score (nSPS) is 13.5. The number of rotatable bonds is 16. The van der Waals surface area contributed by atoms with Crippen LogP contribution in [0, 0.1) is 11.8 Å². The first-order valence-corrected chi connectivity index (χ1v) is 12.1. The first-order chi connectivity index (χ1) is 17.9. The molecule has 0 aliphatic carbocycles. The van der Waals surface area contributed by atoms with E-state index in [4.69, 9.17) is 25.5 Å². The van der Waals surface area contributed by atoms with Crippen molar-refractivity contribution in [2.24, 2.45) is 11.8 Å². The highest BCUT2D eigenvalue weighted by Crippen LogP contribution is 2.05. The largest absolute Gasteiger partial charge is 0.481 e.